The van der Waals surface area contributed by atoms with Gasteiger partial charge in [0.15, 0.2) is 0 Å². The molecule has 0 saturated carbocycles. The standard InChI is InChI=1S/C12H17N3O2/c1-8(13-2)11(16)15-10-7-5-4-6-9(10)12(17)14-3/h4-8,13H,1-3H3,(H,14,17)(H,15,16). The summed E-state index contributed by atoms with van der Waals surface area (Å²) in [6, 6.07) is 6.57. The minimum absolute atomic E-state index is 0.177. The van der Waals surface area contributed by atoms with Crippen LogP contribution in [0.25, 0.3) is 0 Å². The molecule has 3 N–H and O–H groups in total. The highest BCUT2D eigenvalue weighted by Gasteiger charge is 2.14. The predicted molar refractivity (Wildman–Crippen MR) is 67.0 cm³/mol. The zero-order chi connectivity index (χ0) is 12.8. The van der Waals surface area contributed by atoms with E-state index in [9.17, 15) is 9.59 Å². The maximum absolute atomic E-state index is 11.7. The minimum atomic E-state index is -0.312. The van der Waals surface area contributed by atoms with Gasteiger partial charge in [-0.25, -0.2) is 0 Å². The summed E-state index contributed by atoms with van der Waals surface area (Å²) >= 11 is 0. The average molecular weight is 235 g/mol. The molecule has 5 heteroatoms. The van der Waals surface area contributed by atoms with Crippen LogP contribution in [-0.4, -0.2) is 32.0 Å². The third-order valence-corrected chi connectivity index (χ3v) is 2.48. The second kappa shape index (κ2) is 6.00. The monoisotopic (exact) mass is 235 g/mol. The molecule has 0 spiro atoms. The predicted octanol–water partition coefficient (Wildman–Crippen LogP) is 0.593. The van der Waals surface area contributed by atoms with E-state index in [-0.39, 0.29) is 17.9 Å². The number of rotatable bonds is 4. The molecule has 92 valence electrons. The van der Waals surface area contributed by atoms with Crippen LogP contribution >= 0.6 is 0 Å². The number of nitrogens with one attached hydrogen (secondary N) is 3. The number of anilines is 1. The Hall–Kier alpha value is -1.88. The topological polar surface area (TPSA) is 70.2 Å². The molecule has 1 aromatic carbocycles. The molecular formula is C12H17N3O2. The molecule has 0 aliphatic heterocycles. The molecule has 1 unspecified atom stereocenters. The molecule has 0 fully saturated rings. The van der Waals surface area contributed by atoms with Gasteiger partial charge in [0, 0.05) is 7.05 Å². The Labute approximate surface area is 101 Å². The van der Waals surface area contributed by atoms with Crippen molar-refractivity contribution in [2.75, 3.05) is 19.4 Å². The van der Waals surface area contributed by atoms with Gasteiger partial charge in [-0.2, -0.15) is 0 Å². The molecule has 1 atom stereocenters. The van der Waals surface area contributed by atoms with Gasteiger partial charge in [0.05, 0.1) is 17.3 Å². The second-order valence-corrected chi connectivity index (χ2v) is 3.62. The summed E-state index contributed by atoms with van der Waals surface area (Å²) in [4.78, 5) is 23.3. The summed E-state index contributed by atoms with van der Waals surface area (Å²) in [5.74, 6) is -0.401. The first-order valence-corrected chi connectivity index (χ1v) is 5.39. The van der Waals surface area contributed by atoms with Crippen molar-refractivity contribution >= 4 is 17.5 Å². The van der Waals surface area contributed by atoms with Gasteiger partial charge in [0.2, 0.25) is 5.91 Å². The van der Waals surface area contributed by atoms with Crippen molar-refractivity contribution in [2.45, 2.75) is 13.0 Å². The van der Waals surface area contributed by atoms with E-state index in [0.29, 0.717) is 11.3 Å². The largest absolute Gasteiger partial charge is 0.355 e. The van der Waals surface area contributed by atoms with E-state index < -0.39 is 0 Å². The SMILES string of the molecule is CNC(=O)c1ccccc1NC(=O)C(C)NC. The lowest BCUT2D eigenvalue weighted by Crippen LogP contribution is -2.36. The van der Waals surface area contributed by atoms with E-state index in [1.165, 1.54) is 0 Å². The summed E-state index contributed by atoms with van der Waals surface area (Å²) < 4.78 is 0. The molecule has 0 aromatic heterocycles. The van der Waals surface area contributed by atoms with E-state index >= 15 is 0 Å². The van der Waals surface area contributed by atoms with E-state index in [4.69, 9.17) is 0 Å². The van der Waals surface area contributed by atoms with E-state index in [1.807, 2.05) is 0 Å². The first-order valence-electron chi connectivity index (χ1n) is 5.39. The van der Waals surface area contributed by atoms with Gasteiger partial charge in [-0.1, -0.05) is 12.1 Å². The zero-order valence-electron chi connectivity index (χ0n) is 10.2. The van der Waals surface area contributed by atoms with Crippen LogP contribution in [0.5, 0.6) is 0 Å². The third kappa shape index (κ3) is 3.29. The number of hydrogen-bond donors (Lipinski definition) is 3. The highest BCUT2D eigenvalue weighted by Crippen LogP contribution is 2.14. The van der Waals surface area contributed by atoms with Gasteiger partial charge in [0.25, 0.3) is 5.91 Å². The summed E-state index contributed by atoms with van der Waals surface area (Å²) in [7, 11) is 3.26. The lowest BCUT2D eigenvalue weighted by atomic mass is 10.1. The van der Waals surface area contributed by atoms with E-state index in [1.54, 1.807) is 45.3 Å². The lowest BCUT2D eigenvalue weighted by molar-refractivity contribution is -0.117. The summed E-state index contributed by atoms with van der Waals surface area (Å²) in [6.45, 7) is 1.75. The van der Waals surface area contributed by atoms with Crippen LogP contribution in [0.4, 0.5) is 5.69 Å². The summed E-state index contributed by atoms with van der Waals surface area (Å²) in [5, 5.41) is 8.08. The van der Waals surface area contributed by atoms with Crippen molar-refractivity contribution in [2.24, 2.45) is 0 Å². The van der Waals surface area contributed by atoms with Gasteiger partial charge in [-0.3, -0.25) is 9.59 Å². The zero-order valence-corrected chi connectivity index (χ0v) is 10.2. The normalized spacial score (nSPS) is 11.7. The maximum atomic E-state index is 11.7. The molecule has 2 amide bonds. The number of benzene rings is 1. The Morgan fingerprint density at radius 1 is 1.18 bits per heavy atom. The molecule has 0 saturated heterocycles. The number of carbonyl (C=O) groups excluding carboxylic acids is 2. The van der Waals surface area contributed by atoms with Gasteiger partial charge >= 0.3 is 0 Å². The van der Waals surface area contributed by atoms with Gasteiger partial charge in [0.1, 0.15) is 0 Å². The molecular weight excluding hydrogens is 218 g/mol. The second-order valence-electron chi connectivity index (χ2n) is 3.62. The third-order valence-electron chi connectivity index (χ3n) is 2.48. The molecule has 17 heavy (non-hydrogen) atoms. The molecule has 0 aliphatic carbocycles. The van der Waals surface area contributed by atoms with Crippen LogP contribution < -0.4 is 16.0 Å². The number of para-hydroxylation sites is 1. The van der Waals surface area contributed by atoms with Crippen LogP contribution in [0.3, 0.4) is 0 Å². The molecule has 5 nitrogen and oxygen atoms in total. The quantitative estimate of drug-likeness (QED) is 0.715. The van der Waals surface area contributed by atoms with E-state index in [0.717, 1.165) is 0 Å². The van der Waals surface area contributed by atoms with Crippen LogP contribution in [0.2, 0.25) is 0 Å². The van der Waals surface area contributed by atoms with Gasteiger partial charge < -0.3 is 16.0 Å². The van der Waals surface area contributed by atoms with Crippen molar-refractivity contribution in [3.05, 3.63) is 29.8 Å². The van der Waals surface area contributed by atoms with Crippen LogP contribution in [0, 0.1) is 0 Å². The number of amides is 2. The van der Waals surface area contributed by atoms with Crippen molar-refractivity contribution in [1.82, 2.24) is 10.6 Å². The van der Waals surface area contributed by atoms with Gasteiger partial charge in [-0.15, -0.1) is 0 Å². The lowest BCUT2D eigenvalue weighted by Gasteiger charge is -2.13. The van der Waals surface area contributed by atoms with Crippen molar-refractivity contribution < 1.29 is 9.59 Å². The molecule has 1 aromatic rings. The minimum Gasteiger partial charge on any atom is -0.355 e. The highest BCUT2D eigenvalue weighted by atomic mass is 16.2. The fourth-order valence-electron chi connectivity index (χ4n) is 1.30. The fourth-order valence-corrected chi connectivity index (χ4v) is 1.30. The Kier molecular flexibility index (Phi) is 4.66. The first kappa shape index (κ1) is 13.2. The molecule has 0 radical (unpaired) electrons. The smallest absolute Gasteiger partial charge is 0.253 e. The highest BCUT2D eigenvalue weighted by molar-refractivity contribution is 6.04. The average Bonchev–Trinajstić information content (AvgIpc) is 2.37. The number of likely N-dealkylation sites (N-methyl/N-ethyl adjacent to an activating group) is 1. The van der Waals surface area contributed by atoms with Crippen LogP contribution in [-0.2, 0) is 4.79 Å². The summed E-state index contributed by atoms with van der Waals surface area (Å²) in [5.41, 5.74) is 0.964. The van der Waals surface area contributed by atoms with E-state index in [2.05, 4.69) is 16.0 Å². The van der Waals surface area contributed by atoms with Crippen molar-refractivity contribution in [1.29, 1.82) is 0 Å². The molecule has 0 bridgehead atoms. The van der Waals surface area contributed by atoms with Gasteiger partial charge in [-0.05, 0) is 26.1 Å². The summed E-state index contributed by atoms with van der Waals surface area (Å²) in [6.07, 6.45) is 0. The first-order chi connectivity index (χ1) is 8.10. The fraction of sp³-hybridized carbons (Fsp3) is 0.333. The maximum Gasteiger partial charge on any atom is 0.253 e. The Balaban J connectivity index is 2.91. The Morgan fingerprint density at radius 3 is 2.41 bits per heavy atom. The Bertz CT molecular complexity index is 418. The number of hydrogen-bond acceptors (Lipinski definition) is 3. The Morgan fingerprint density at radius 2 is 1.82 bits per heavy atom. The van der Waals surface area contributed by atoms with Crippen LogP contribution in [0.15, 0.2) is 24.3 Å². The number of carbonyl (C=O) groups is 2. The van der Waals surface area contributed by atoms with Crippen molar-refractivity contribution in [3.63, 3.8) is 0 Å². The van der Waals surface area contributed by atoms with Crippen LogP contribution in [0.1, 0.15) is 17.3 Å². The van der Waals surface area contributed by atoms with Crippen molar-refractivity contribution in [3.8, 4) is 0 Å². The molecule has 1 rings (SSSR count). The molecule has 0 heterocycles. The molecule has 0 aliphatic rings.